The second-order valence-corrected chi connectivity index (χ2v) is 12.3. The molecule has 224 valence electrons. The molecule has 2 aromatic rings. The molecule has 0 bridgehead atoms. The Balaban J connectivity index is 0.961. The molecule has 1 aromatic carbocycles. The number of aliphatic hydroxyl groups excluding tert-OH is 3. The lowest BCUT2D eigenvalue weighted by Gasteiger charge is -2.40. The Kier molecular flexibility index (Phi) is 9.95. The van der Waals surface area contributed by atoms with E-state index in [0.717, 1.165) is 51.1 Å². The molecule has 41 heavy (non-hydrogen) atoms. The summed E-state index contributed by atoms with van der Waals surface area (Å²) in [6.07, 6.45) is 6.43. The fourth-order valence-electron chi connectivity index (χ4n) is 6.28. The smallest absolute Gasteiger partial charge is 0.227 e. The first-order chi connectivity index (χ1) is 19.8. The zero-order chi connectivity index (χ0) is 28.9. The molecule has 1 aromatic heterocycles. The normalized spacial score (nSPS) is 25.4. The van der Waals surface area contributed by atoms with E-state index in [9.17, 15) is 24.5 Å². The van der Waals surface area contributed by atoms with Crippen LogP contribution in [0.1, 0.15) is 50.5 Å². The van der Waals surface area contributed by atoms with Crippen LogP contribution in [0.25, 0.3) is 0 Å². The van der Waals surface area contributed by atoms with Crippen LogP contribution in [0.4, 0.5) is 10.3 Å². The summed E-state index contributed by atoms with van der Waals surface area (Å²) in [5, 5.41) is 30.0. The van der Waals surface area contributed by atoms with E-state index in [1.807, 2.05) is 0 Å². The molecule has 9 nitrogen and oxygen atoms in total. The van der Waals surface area contributed by atoms with Crippen molar-refractivity contribution < 1.29 is 29.2 Å². The van der Waals surface area contributed by atoms with Crippen molar-refractivity contribution in [3.8, 4) is 5.75 Å². The van der Waals surface area contributed by atoms with Crippen LogP contribution in [0.2, 0.25) is 5.02 Å². The summed E-state index contributed by atoms with van der Waals surface area (Å²) in [6.45, 7) is 3.57. The molecular weight excluding hydrogens is 551 g/mol. The van der Waals surface area contributed by atoms with Gasteiger partial charge in [-0.2, -0.15) is 0 Å². The lowest BCUT2D eigenvalue weighted by Crippen LogP contribution is -2.50. The number of ether oxygens (including phenoxy) is 1. The van der Waals surface area contributed by atoms with Crippen LogP contribution in [0.15, 0.2) is 30.6 Å². The zero-order valence-electron chi connectivity index (χ0n) is 23.2. The summed E-state index contributed by atoms with van der Waals surface area (Å²) in [5.41, 5.74) is 0.360. The van der Waals surface area contributed by atoms with Crippen molar-refractivity contribution in [3.05, 3.63) is 47.0 Å². The Bertz CT molecular complexity index is 1160. The number of benzene rings is 1. The van der Waals surface area contributed by atoms with Gasteiger partial charge in [-0.3, -0.25) is 4.79 Å². The molecule has 3 heterocycles. The maximum absolute atomic E-state index is 14.7. The predicted octanol–water partition coefficient (Wildman–Crippen LogP) is 3.23. The van der Waals surface area contributed by atoms with Gasteiger partial charge in [0.05, 0.1) is 42.7 Å². The number of likely N-dealkylation sites (tertiary alicyclic amines) is 1. The van der Waals surface area contributed by atoms with Crippen LogP contribution < -0.4 is 9.64 Å². The first-order valence-electron chi connectivity index (χ1n) is 14.7. The van der Waals surface area contributed by atoms with Crippen molar-refractivity contribution in [1.29, 1.82) is 0 Å². The molecule has 1 aliphatic carbocycles. The van der Waals surface area contributed by atoms with Gasteiger partial charge in [0.15, 0.2) is 0 Å². The van der Waals surface area contributed by atoms with Crippen molar-refractivity contribution in [1.82, 2.24) is 14.9 Å². The number of carbonyl (C=O) groups is 1. The minimum absolute atomic E-state index is 0.0122. The molecule has 11 heteroatoms. The number of hydrogen-bond acceptors (Lipinski definition) is 8. The third kappa shape index (κ3) is 7.66. The molecule has 3 aliphatic rings. The molecule has 2 saturated heterocycles. The number of nitrogens with zero attached hydrogens (tertiary/aromatic N) is 4. The highest BCUT2D eigenvalue weighted by Crippen LogP contribution is 2.33. The average Bonchev–Trinajstić information content (AvgIpc) is 3.19. The molecule has 4 atom stereocenters. The zero-order valence-corrected chi connectivity index (χ0v) is 24.0. The highest BCUT2D eigenvalue weighted by Gasteiger charge is 2.41. The van der Waals surface area contributed by atoms with E-state index in [4.69, 9.17) is 16.3 Å². The molecule has 0 unspecified atom stereocenters. The molecule has 5 rings (SSSR count). The van der Waals surface area contributed by atoms with E-state index in [1.165, 1.54) is 6.07 Å². The third-order valence-corrected chi connectivity index (χ3v) is 9.12. The van der Waals surface area contributed by atoms with E-state index in [0.29, 0.717) is 60.7 Å². The fourth-order valence-corrected chi connectivity index (χ4v) is 6.38. The maximum atomic E-state index is 14.7. The number of aliphatic hydroxyl groups is 3. The monoisotopic (exact) mass is 590 g/mol. The SMILES string of the molecule is O=C(Cc1ccc(OCCCC2CCN(c3ncc(Cl)cn3)CC2)cc1F)N1CC(CC[C@@H]2C[C@H](O)[C@@H](O)[C@H]2O)C1. The van der Waals surface area contributed by atoms with E-state index in [-0.39, 0.29) is 18.2 Å². The molecule has 1 amide bonds. The van der Waals surface area contributed by atoms with Gasteiger partial charge in [0.1, 0.15) is 17.7 Å². The van der Waals surface area contributed by atoms with Crippen molar-refractivity contribution >= 4 is 23.5 Å². The predicted molar refractivity (Wildman–Crippen MR) is 152 cm³/mol. The number of aromatic nitrogens is 2. The van der Waals surface area contributed by atoms with Crippen molar-refractivity contribution in [2.24, 2.45) is 17.8 Å². The molecule has 0 radical (unpaired) electrons. The Labute approximate surface area is 245 Å². The van der Waals surface area contributed by atoms with Crippen molar-refractivity contribution in [2.75, 3.05) is 37.7 Å². The van der Waals surface area contributed by atoms with Crippen LogP contribution in [0.5, 0.6) is 5.75 Å². The van der Waals surface area contributed by atoms with E-state index < -0.39 is 24.1 Å². The summed E-state index contributed by atoms with van der Waals surface area (Å²) < 4.78 is 20.5. The summed E-state index contributed by atoms with van der Waals surface area (Å²) >= 11 is 5.88. The molecule has 0 spiro atoms. The number of carbonyl (C=O) groups excluding carboxylic acids is 1. The number of amides is 1. The molecule has 1 saturated carbocycles. The summed E-state index contributed by atoms with van der Waals surface area (Å²) in [7, 11) is 0. The standard InChI is InChI=1S/C30H40ClFN4O5/c31-23-15-33-30(34-16-23)35-9-7-19(8-10-35)2-1-11-41-24-6-5-21(25(32)14-24)13-27(38)36-17-20(18-36)3-4-22-12-26(37)29(40)28(22)39/h5-6,14-16,19-20,22,26,28-29,37,39-40H,1-4,7-13,17-18H2/t22-,26+,28+,29-/m1/s1. The first kappa shape index (κ1) is 29.9. The fraction of sp³-hybridized carbons (Fsp3) is 0.633. The van der Waals surface area contributed by atoms with Gasteiger partial charge in [0, 0.05) is 32.2 Å². The molecular formula is C30H40ClFN4O5. The second-order valence-electron chi connectivity index (χ2n) is 11.8. The van der Waals surface area contributed by atoms with Gasteiger partial charge >= 0.3 is 0 Å². The molecule has 3 N–H and O–H groups in total. The van der Waals surface area contributed by atoms with Gasteiger partial charge in [-0.15, -0.1) is 0 Å². The van der Waals surface area contributed by atoms with Crippen LogP contribution in [0.3, 0.4) is 0 Å². The van der Waals surface area contributed by atoms with Crippen LogP contribution in [-0.2, 0) is 11.2 Å². The molecule has 2 aliphatic heterocycles. The third-order valence-electron chi connectivity index (χ3n) is 8.92. The van der Waals surface area contributed by atoms with E-state index in [2.05, 4.69) is 14.9 Å². The number of rotatable bonds is 11. The highest BCUT2D eigenvalue weighted by atomic mass is 35.5. The minimum atomic E-state index is -1.07. The number of halogens is 2. The number of piperidine rings is 1. The van der Waals surface area contributed by atoms with Gasteiger partial charge in [0.25, 0.3) is 0 Å². The summed E-state index contributed by atoms with van der Waals surface area (Å²) in [6, 6.07) is 4.72. The van der Waals surface area contributed by atoms with E-state index >= 15 is 0 Å². The topological polar surface area (TPSA) is 119 Å². The summed E-state index contributed by atoms with van der Waals surface area (Å²) in [4.78, 5) is 25.2. The van der Waals surface area contributed by atoms with Gasteiger partial charge < -0.3 is 29.9 Å². The number of hydrogen-bond donors (Lipinski definition) is 3. The average molecular weight is 591 g/mol. The summed E-state index contributed by atoms with van der Waals surface area (Å²) in [5.74, 6) is 1.48. The minimum Gasteiger partial charge on any atom is -0.493 e. The Morgan fingerprint density at radius 2 is 1.76 bits per heavy atom. The van der Waals surface area contributed by atoms with Gasteiger partial charge in [-0.1, -0.05) is 17.7 Å². The van der Waals surface area contributed by atoms with Crippen molar-refractivity contribution in [3.63, 3.8) is 0 Å². The van der Waals surface area contributed by atoms with Gasteiger partial charge in [-0.05, 0) is 74.3 Å². The van der Waals surface area contributed by atoms with Crippen LogP contribution in [0, 0.1) is 23.6 Å². The molecule has 3 fully saturated rings. The second kappa shape index (κ2) is 13.6. The van der Waals surface area contributed by atoms with Crippen molar-refractivity contribution in [2.45, 2.75) is 69.7 Å². The Hall–Kier alpha value is -2.53. The first-order valence-corrected chi connectivity index (χ1v) is 15.1. The lowest BCUT2D eigenvalue weighted by atomic mass is 9.88. The quantitative estimate of drug-likeness (QED) is 0.341. The largest absolute Gasteiger partial charge is 0.493 e. The Morgan fingerprint density at radius 3 is 2.41 bits per heavy atom. The van der Waals surface area contributed by atoms with Crippen LogP contribution in [-0.4, -0.2) is 87.2 Å². The Morgan fingerprint density at radius 1 is 1.02 bits per heavy atom. The van der Waals surface area contributed by atoms with Gasteiger partial charge in [0.2, 0.25) is 11.9 Å². The maximum Gasteiger partial charge on any atom is 0.227 e. The highest BCUT2D eigenvalue weighted by molar-refractivity contribution is 6.30. The number of anilines is 1. The van der Waals surface area contributed by atoms with Gasteiger partial charge in [-0.25, -0.2) is 14.4 Å². The van der Waals surface area contributed by atoms with E-state index in [1.54, 1.807) is 29.4 Å². The lowest BCUT2D eigenvalue weighted by molar-refractivity contribution is -0.137. The van der Waals surface area contributed by atoms with Crippen LogP contribution >= 0.6 is 11.6 Å².